The van der Waals surface area contributed by atoms with Gasteiger partial charge >= 0.3 is 5.82 Å². The molecule has 2 atom stereocenters. The van der Waals surface area contributed by atoms with Gasteiger partial charge in [0, 0.05) is 0 Å². The van der Waals surface area contributed by atoms with Gasteiger partial charge in [-0.15, -0.1) is 21.5 Å². The van der Waals surface area contributed by atoms with E-state index in [2.05, 4.69) is 15.2 Å². The predicted molar refractivity (Wildman–Crippen MR) is 62.4 cm³/mol. The average Bonchev–Trinajstić information content (AvgIpc) is 2.90. The second kappa shape index (κ2) is 4.88. The molecule has 0 aromatic carbocycles. The highest BCUT2D eigenvalue weighted by Crippen LogP contribution is 2.29. The molecule has 0 saturated carbocycles. The fraction of sp³-hybridized carbons (Fsp3) is 0.286. The zero-order chi connectivity index (χ0) is 13.3. The maximum atomic E-state index is 11.4. The maximum Gasteiger partial charge on any atom is 0.342 e. The van der Waals surface area contributed by atoms with Gasteiger partial charge in [-0.3, -0.25) is 0 Å². The van der Waals surface area contributed by atoms with Crippen LogP contribution in [-0.4, -0.2) is 33.4 Å². The molecule has 18 heavy (non-hydrogen) atoms. The molecule has 2 aromatic heterocycles. The van der Waals surface area contributed by atoms with Crippen LogP contribution in [0.1, 0.15) is 16.1 Å². The lowest BCUT2D eigenvalue weighted by Crippen LogP contribution is -2.13. The third kappa shape index (κ3) is 2.14. The van der Waals surface area contributed by atoms with E-state index in [0.29, 0.717) is 0 Å². The largest absolute Gasteiger partial charge is 0.358 e. The summed E-state index contributed by atoms with van der Waals surface area (Å²) >= 11 is -1.21. The Labute approximate surface area is 107 Å². The van der Waals surface area contributed by atoms with E-state index in [1.165, 1.54) is 12.6 Å². The molecule has 0 bridgehead atoms. The summed E-state index contributed by atoms with van der Waals surface area (Å²) in [5.74, 6) is -0.163. The van der Waals surface area contributed by atoms with Crippen LogP contribution in [0.15, 0.2) is 11.7 Å². The molecule has 0 radical (unpaired) electrons. The summed E-state index contributed by atoms with van der Waals surface area (Å²) in [5.41, 5.74) is 1.41. The van der Waals surface area contributed by atoms with Crippen LogP contribution in [0.2, 0.25) is 0 Å². The lowest BCUT2D eigenvalue weighted by Gasteiger charge is -2.06. The molecule has 2 rings (SSSR count). The van der Waals surface area contributed by atoms with Crippen molar-refractivity contribution in [1.82, 2.24) is 19.7 Å². The van der Waals surface area contributed by atoms with Gasteiger partial charge in [-0.05, 0) is 4.92 Å². The number of hydrogen-bond acceptors (Lipinski definition) is 7. The quantitative estimate of drug-likeness (QED) is 0.493. The van der Waals surface area contributed by atoms with Gasteiger partial charge in [0.1, 0.15) is 16.7 Å². The number of hydrogen-bond donors (Lipinski definition) is 1. The number of imidazole rings is 1. The van der Waals surface area contributed by atoms with Crippen molar-refractivity contribution in [3.8, 4) is 0 Å². The fourth-order valence-electron chi connectivity index (χ4n) is 1.41. The van der Waals surface area contributed by atoms with E-state index in [1.807, 2.05) is 0 Å². The highest BCUT2D eigenvalue weighted by Gasteiger charge is 2.32. The molecule has 0 aliphatic carbocycles. The second-order valence-corrected chi connectivity index (χ2v) is 5.11. The molecule has 0 spiro atoms. The van der Waals surface area contributed by atoms with E-state index in [4.69, 9.17) is 0 Å². The normalized spacial score (nSPS) is 14.3. The molecule has 0 amide bonds. The summed E-state index contributed by atoms with van der Waals surface area (Å²) in [6, 6.07) is 0. The Bertz CT molecular complexity index is 595. The number of aromatic nitrogens is 4. The summed E-state index contributed by atoms with van der Waals surface area (Å²) in [7, 11) is 1.40. The first-order valence-corrected chi connectivity index (χ1v) is 6.59. The summed E-state index contributed by atoms with van der Waals surface area (Å²) in [6.07, 6.45) is 1.04. The first kappa shape index (κ1) is 12.7. The van der Waals surface area contributed by atoms with Crippen molar-refractivity contribution < 1.29 is 13.7 Å². The summed E-state index contributed by atoms with van der Waals surface area (Å²) in [5, 5.41) is 17.2. The van der Waals surface area contributed by atoms with Gasteiger partial charge in [0.2, 0.25) is 5.82 Å². The summed E-state index contributed by atoms with van der Waals surface area (Å²) in [6.45, 7) is 0. The van der Waals surface area contributed by atoms with Crippen LogP contribution in [0, 0.1) is 10.1 Å². The molecular weight excluding hydrogens is 282 g/mol. The average molecular weight is 289 g/mol. The minimum absolute atomic E-state index is 0.0966. The van der Waals surface area contributed by atoms with Gasteiger partial charge in [-0.2, -0.15) is 0 Å². The minimum Gasteiger partial charge on any atom is -0.358 e. The molecule has 0 aliphatic heterocycles. The Kier molecular flexibility index (Phi) is 3.45. The molecule has 0 fully saturated rings. The third-order valence-corrected chi connectivity index (χ3v) is 3.97. The van der Waals surface area contributed by atoms with Crippen molar-refractivity contribution in [3.05, 3.63) is 32.7 Å². The van der Waals surface area contributed by atoms with E-state index in [-0.39, 0.29) is 16.6 Å². The Morgan fingerprint density at radius 3 is 2.83 bits per heavy atom. The topological polar surface area (TPSA) is 124 Å². The van der Waals surface area contributed by atoms with Gasteiger partial charge in [0.15, 0.2) is 16.3 Å². The van der Waals surface area contributed by atoms with Crippen LogP contribution in [0.3, 0.4) is 0 Å². The molecule has 2 heterocycles. The van der Waals surface area contributed by atoms with Crippen molar-refractivity contribution in [2.24, 2.45) is 7.05 Å². The second-order valence-electron chi connectivity index (χ2n) is 3.22. The Hall–Kier alpha value is -1.72. The Morgan fingerprint density at radius 2 is 2.39 bits per heavy atom. The molecule has 0 aliphatic rings. The zero-order valence-corrected chi connectivity index (χ0v) is 10.6. The van der Waals surface area contributed by atoms with Crippen molar-refractivity contribution >= 4 is 28.2 Å². The molecule has 2 unspecified atom stereocenters. The Morgan fingerprint density at radius 1 is 1.67 bits per heavy atom. The van der Waals surface area contributed by atoms with Crippen molar-refractivity contribution in [3.63, 3.8) is 0 Å². The lowest BCUT2D eigenvalue weighted by atomic mass is 10.4. The van der Waals surface area contributed by atoms with Crippen LogP contribution in [0.25, 0.3) is 0 Å². The molecule has 1 N–H and O–H groups in total. The monoisotopic (exact) mass is 289 g/mol. The van der Waals surface area contributed by atoms with Crippen molar-refractivity contribution in [2.45, 2.75) is 5.25 Å². The van der Waals surface area contributed by atoms with Crippen LogP contribution < -0.4 is 0 Å². The predicted octanol–water partition coefficient (Wildman–Crippen LogP) is 0.491. The van der Waals surface area contributed by atoms with E-state index in [9.17, 15) is 18.9 Å². The lowest BCUT2D eigenvalue weighted by molar-refractivity contribution is -0.391. The minimum atomic E-state index is -2.29. The van der Waals surface area contributed by atoms with E-state index >= 15 is 0 Å². The summed E-state index contributed by atoms with van der Waals surface area (Å²) < 4.78 is 21.8. The van der Waals surface area contributed by atoms with Crippen molar-refractivity contribution in [2.75, 3.05) is 0 Å². The van der Waals surface area contributed by atoms with Crippen LogP contribution in [-0.2, 0) is 18.1 Å². The SMILES string of the molecule is Cn1c([N+](=O)[O-])cnc1C(c1nncs1)S(=O)O. The molecule has 9 nitrogen and oxygen atoms in total. The van der Waals surface area contributed by atoms with Gasteiger partial charge in [0.25, 0.3) is 0 Å². The fourth-order valence-corrected chi connectivity index (χ4v) is 2.97. The summed E-state index contributed by atoms with van der Waals surface area (Å²) in [4.78, 5) is 13.9. The standard InChI is InChI=1S/C7H7N5O4S2/c1-11-4(12(13)14)2-8-6(11)5(18(15)16)7-10-9-3-17-7/h2-3,5H,1H3,(H,15,16). The highest BCUT2D eigenvalue weighted by atomic mass is 32.2. The zero-order valence-electron chi connectivity index (χ0n) is 8.96. The molecule has 96 valence electrons. The third-order valence-electron chi connectivity index (χ3n) is 2.22. The van der Waals surface area contributed by atoms with E-state index < -0.39 is 21.3 Å². The number of rotatable bonds is 4. The van der Waals surface area contributed by atoms with Gasteiger partial charge in [-0.1, -0.05) is 0 Å². The first-order chi connectivity index (χ1) is 8.52. The molecule has 2 aromatic rings. The molecular formula is C7H7N5O4S2. The van der Waals surface area contributed by atoms with E-state index in [1.54, 1.807) is 0 Å². The van der Waals surface area contributed by atoms with Crippen LogP contribution in [0.5, 0.6) is 0 Å². The Balaban J connectivity index is 2.51. The first-order valence-electron chi connectivity index (χ1n) is 4.54. The smallest absolute Gasteiger partial charge is 0.342 e. The highest BCUT2D eigenvalue weighted by molar-refractivity contribution is 7.79. The van der Waals surface area contributed by atoms with E-state index in [0.717, 1.165) is 22.1 Å². The van der Waals surface area contributed by atoms with Gasteiger partial charge in [0.05, 0.1) is 7.05 Å². The van der Waals surface area contributed by atoms with Crippen molar-refractivity contribution in [1.29, 1.82) is 0 Å². The number of nitrogens with zero attached hydrogens (tertiary/aromatic N) is 5. The van der Waals surface area contributed by atoms with Gasteiger partial charge in [-0.25, -0.2) is 13.8 Å². The maximum absolute atomic E-state index is 11.4. The molecule has 0 saturated heterocycles. The van der Waals surface area contributed by atoms with Crippen LogP contribution >= 0.6 is 11.3 Å². The van der Waals surface area contributed by atoms with Gasteiger partial charge < -0.3 is 14.7 Å². The number of nitro groups is 1. The molecule has 11 heteroatoms. The van der Waals surface area contributed by atoms with Crippen LogP contribution in [0.4, 0.5) is 5.82 Å².